The van der Waals surface area contributed by atoms with Crippen molar-refractivity contribution in [1.29, 1.82) is 0 Å². The van der Waals surface area contributed by atoms with Crippen LogP contribution in [-0.4, -0.2) is 30.7 Å². The summed E-state index contributed by atoms with van der Waals surface area (Å²) < 4.78 is 5.18. The van der Waals surface area contributed by atoms with Crippen molar-refractivity contribution in [1.82, 2.24) is 5.32 Å². The molecule has 6 heteroatoms. The van der Waals surface area contributed by atoms with E-state index in [1.165, 1.54) is 16.5 Å². The number of primary amides is 1. The molecule has 0 bridgehead atoms. The Morgan fingerprint density at radius 1 is 1.12 bits per heavy atom. The standard InChI is InChI=1S/C20H22N2O3S/c1-15-2-9-18(10-3-15)26-13-12-22-20(24)11-6-16-4-7-17(8-5-16)25-14-19(21)23/h2-11H,12-14H2,1H3,(H2,21,23)(H,22,24)/b11-6+. The highest BCUT2D eigenvalue weighted by Gasteiger charge is 1.99. The molecule has 0 saturated heterocycles. The number of nitrogens with two attached hydrogens (primary N) is 1. The van der Waals surface area contributed by atoms with Crippen LogP contribution in [0, 0.1) is 6.92 Å². The number of amides is 2. The summed E-state index contributed by atoms with van der Waals surface area (Å²) in [4.78, 5) is 23.7. The summed E-state index contributed by atoms with van der Waals surface area (Å²) in [5.74, 6) is 0.711. The van der Waals surface area contributed by atoms with Gasteiger partial charge in [0.1, 0.15) is 5.75 Å². The zero-order valence-corrected chi connectivity index (χ0v) is 15.4. The Kier molecular flexibility index (Phi) is 7.76. The highest BCUT2D eigenvalue weighted by atomic mass is 32.2. The van der Waals surface area contributed by atoms with Crippen molar-refractivity contribution in [3.63, 3.8) is 0 Å². The van der Waals surface area contributed by atoms with Crippen LogP contribution in [0.4, 0.5) is 0 Å². The van der Waals surface area contributed by atoms with E-state index in [0.29, 0.717) is 12.3 Å². The van der Waals surface area contributed by atoms with Crippen LogP contribution in [0.15, 0.2) is 59.5 Å². The lowest BCUT2D eigenvalue weighted by Crippen LogP contribution is -2.23. The van der Waals surface area contributed by atoms with Crippen LogP contribution >= 0.6 is 11.8 Å². The fourth-order valence-electron chi connectivity index (χ4n) is 2.04. The van der Waals surface area contributed by atoms with Crippen molar-refractivity contribution < 1.29 is 14.3 Å². The van der Waals surface area contributed by atoms with Crippen molar-refractivity contribution in [2.45, 2.75) is 11.8 Å². The van der Waals surface area contributed by atoms with E-state index in [9.17, 15) is 9.59 Å². The molecule has 0 heterocycles. The molecular formula is C20H22N2O3S. The SMILES string of the molecule is Cc1ccc(SCCNC(=O)/C=C/c2ccc(OCC(N)=O)cc2)cc1. The maximum Gasteiger partial charge on any atom is 0.255 e. The van der Waals surface area contributed by atoms with Crippen LogP contribution in [0.3, 0.4) is 0 Å². The molecule has 0 radical (unpaired) electrons. The third kappa shape index (κ3) is 7.44. The van der Waals surface area contributed by atoms with Gasteiger partial charge in [-0.1, -0.05) is 29.8 Å². The van der Waals surface area contributed by atoms with Gasteiger partial charge in [0.15, 0.2) is 6.61 Å². The molecule has 2 rings (SSSR count). The van der Waals surface area contributed by atoms with Gasteiger partial charge >= 0.3 is 0 Å². The van der Waals surface area contributed by atoms with Crippen molar-refractivity contribution >= 4 is 29.7 Å². The van der Waals surface area contributed by atoms with Crippen molar-refractivity contribution in [2.75, 3.05) is 18.9 Å². The van der Waals surface area contributed by atoms with E-state index in [2.05, 4.69) is 36.5 Å². The van der Waals surface area contributed by atoms with E-state index in [1.54, 1.807) is 42.1 Å². The lowest BCUT2D eigenvalue weighted by atomic mass is 10.2. The second kappa shape index (κ2) is 10.3. The zero-order chi connectivity index (χ0) is 18.8. The predicted octanol–water partition coefficient (Wildman–Crippen LogP) is 2.78. The van der Waals surface area contributed by atoms with Crippen molar-refractivity contribution in [3.05, 3.63) is 65.7 Å². The zero-order valence-electron chi connectivity index (χ0n) is 14.6. The lowest BCUT2D eigenvalue weighted by Gasteiger charge is -2.04. The quantitative estimate of drug-likeness (QED) is 0.404. The van der Waals surface area contributed by atoms with E-state index >= 15 is 0 Å². The minimum atomic E-state index is -0.522. The molecule has 0 atom stereocenters. The topological polar surface area (TPSA) is 81.4 Å². The summed E-state index contributed by atoms with van der Waals surface area (Å²) in [6.45, 7) is 2.50. The summed E-state index contributed by atoms with van der Waals surface area (Å²) >= 11 is 1.71. The molecule has 2 aromatic carbocycles. The van der Waals surface area contributed by atoms with E-state index in [4.69, 9.17) is 10.5 Å². The van der Waals surface area contributed by atoms with Crippen LogP contribution in [0.1, 0.15) is 11.1 Å². The van der Waals surface area contributed by atoms with Crippen LogP contribution in [0.25, 0.3) is 6.08 Å². The predicted molar refractivity (Wildman–Crippen MR) is 105 cm³/mol. The Labute approximate surface area is 157 Å². The number of hydrogen-bond acceptors (Lipinski definition) is 4. The summed E-state index contributed by atoms with van der Waals surface area (Å²) in [6, 6.07) is 15.4. The van der Waals surface area contributed by atoms with Crippen molar-refractivity contribution in [2.24, 2.45) is 5.73 Å². The number of ether oxygens (including phenoxy) is 1. The van der Waals surface area contributed by atoms with Crippen molar-refractivity contribution in [3.8, 4) is 5.75 Å². The Hall–Kier alpha value is -2.73. The molecule has 5 nitrogen and oxygen atoms in total. The first-order chi connectivity index (χ1) is 12.5. The molecule has 136 valence electrons. The van der Waals surface area contributed by atoms with Gasteiger partial charge in [0.2, 0.25) is 5.91 Å². The number of rotatable bonds is 9. The van der Waals surface area contributed by atoms with Gasteiger partial charge in [-0.15, -0.1) is 11.8 Å². The first-order valence-electron chi connectivity index (χ1n) is 8.19. The van der Waals surface area contributed by atoms with Crippen LogP contribution in [0.5, 0.6) is 5.75 Å². The first kappa shape index (κ1) is 19.6. The first-order valence-corrected chi connectivity index (χ1v) is 9.18. The molecule has 0 aromatic heterocycles. The van der Waals surface area contributed by atoms with Gasteiger partial charge < -0.3 is 15.8 Å². The Balaban J connectivity index is 1.69. The summed E-state index contributed by atoms with van der Waals surface area (Å²) in [5.41, 5.74) is 7.12. The fraction of sp³-hybridized carbons (Fsp3) is 0.200. The second-order valence-electron chi connectivity index (χ2n) is 5.61. The number of carbonyl (C=O) groups is 2. The Morgan fingerprint density at radius 2 is 1.81 bits per heavy atom. The summed E-state index contributed by atoms with van der Waals surface area (Å²) in [5, 5.41) is 2.86. The normalized spacial score (nSPS) is 10.7. The third-order valence-corrected chi connectivity index (χ3v) is 4.39. The largest absolute Gasteiger partial charge is 0.484 e. The molecular weight excluding hydrogens is 348 g/mol. The molecule has 0 aliphatic rings. The smallest absolute Gasteiger partial charge is 0.255 e. The van der Waals surface area contributed by atoms with Crippen LogP contribution in [0.2, 0.25) is 0 Å². The number of hydrogen-bond donors (Lipinski definition) is 2. The summed E-state index contributed by atoms with van der Waals surface area (Å²) in [7, 11) is 0. The van der Waals surface area contributed by atoms with Gasteiger partial charge in [0.25, 0.3) is 5.91 Å². The van der Waals surface area contributed by atoms with Gasteiger partial charge in [-0.2, -0.15) is 0 Å². The van der Waals surface area contributed by atoms with Crippen LogP contribution < -0.4 is 15.8 Å². The number of thioether (sulfide) groups is 1. The fourth-order valence-corrected chi connectivity index (χ4v) is 2.81. The third-order valence-electron chi connectivity index (χ3n) is 3.38. The van der Waals surface area contributed by atoms with E-state index in [1.807, 2.05) is 0 Å². The van der Waals surface area contributed by atoms with Crippen LogP contribution in [-0.2, 0) is 9.59 Å². The lowest BCUT2D eigenvalue weighted by molar-refractivity contribution is -0.120. The molecule has 0 fully saturated rings. The van der Waals surface area contributed by atoms with Gasteiger partial charge in [-0.05, 0) is 42.8 Å². The minimum absolute atomic E-state index is 0.136. The van der Waals surface area contributed by atoms with Gasteiger partial charge in [0, 0.05) is 23.3 Å². The molecule has 0 saturated carbocycles. The average Bonchev–Trinajstić information content (AvgIpc) is 2.64. The van der Waals surface area contributed by atoms with Gasteiger partial charge in [0.05, 0.1) is 0 Å². The number of carbonyl (C=O) groups excluding carboxylic acids is 2. The maximum atomic E-state index is 11.8. The molecule has 3 N–H and O–H groups in total. The van der Waals surface area contributed by atoms with E-state index in [-0.39, 0.29) is 12.5 Å². The Morgan fingerprint density at radius 3 is 2.46 bits per heavy atom. The summed E-state index contributed by atoms with van der Waals surface area (Å²) in [6.07, 6.45) is 3.22. The molecule has 0 spiro atoms. The second-order valence-corrected chi connectivity index (χ2v) is 6.78. The molecule has 0 unspecified atom stereocenters. The Bertz CT molecular complexity index is 756. The monoisotopic (exact) mass is 370 g/mol. The van der Waals surface area contributed by atoms with E-state index in [0.717, 1.165) is 11.3 Å². The highest BCUT2D eigenvalue weighted by Crippen LogP contribution is 2.17. The molecule has 26 heavy (non-hydrogen) atoms. The number of nitrogens with one attached hydrogen (secondary N) is 1. The number of aryl methyl sites for hydroxylation is 1. The minimum Gasteiger partial charge on any atom is -0.484 e. The molecule has 2 aromatic rings. The van der Waals surface area contributed by atoms with Gasteiger partial charge in [-0.25, -0.2) is 0 Å². The van der Waals surface area contributed by atoms with E-state index < -0.39 is 5.91 Å². The molecule has 0 aliphatic carbocycles. The van der Waals surface area contributed by atoms with Gasteiger partial charge in [-0.3, -0.25) is 9.59 Å². The average molecular weight is 370 g/mol. The number of benzene rings is 2. The molecule has 0 aliphatic heterocycles. The molecule has 2 amide bonds. The maximum absolute atomic E-state index is 11.8. The highest BCUT2D eigenvalue weighted by molar-refractivity contribution is 7.99.